The van der Waals surface area contributed by atoms with E-state index in [0.29, 0.717) is 12.2 Å². The Labute approximate surface area is 115 Å². The molecule has 0 unspecified atom stereocenters. The number of carbonyl (C=O) groups is 3. The van der Waals surface area contributed by atoms with Crippen LogP contribution in [-0.4, -0.2) is 56.4 Å². The van der Waals surface area contributed by atoms with Crippen LogP contribution in [0.25, 0.3) is 0 Å². The lowest BCUT2D eigenvalue weighted by atomic mass is 9.99. The van der Waals surface area contributed by atoms with Crippen molar-refractivity contribution in [3.63, 3.8) is 0 Å². The second-order valence-corrected chi connectivity index (χ2v) is 4.82. The second kappa shape index (κ2) is 6.90. The van der Waals surface area contributed by atoms with E-state index < -0.39 is 18.0 Å². The van der Waals surface area contributed by atoms with Gasteiger partial charge in [0.1, 0.15) is 0 Å². The number of hydrogen-bond donors (Lipinski definition) is 4. The summed E-state index contributed by atoms with van der Waals surface area (Å²) in [7, 11) is 0. The Bertz CT molecular complexity index is 392. The number of rotatable bonds is 2. The van der Waals surface area contributed by atoms with Gasteiger partial charge in [0.15, 0.2) is 0 Å². The molecule has 0 aliphatic carbocycles. The molecule has 112 valence electrons. The van der Waals surface area contributed by atoms with E-state index in [0.717, 1.165) is 25.7 Å². The van der Waals surface area contributed by atoms with Crippen LogP contribution in [-0.2, 0) is 9.59 Å². The molecule has 2 saturated heterocycles. The van der Waals surface area contributed by atoms with Crippen LogP contribution in [0.15, 0.2) is 12.2 Å². The molecule has 2 aliphatic rings. The lowest BCUT2D eigenvalue weighted by Gasteiger charge is -2.35. The van der Waals surface area contributed by atoms with Crippen LogP contribution in [0.3, 0.4) is 0 Å². The number of nitrogens with zero attached hydrogens (tertiary/aromatic N) is 1. The number of piperidine rings is 1. The summed E-state index contributed by atoms with van der Waals surface area (Å²) in [5.74, 6) is -2.51. The van der Waals surface area contributed by atoms with E-state index in [2.05, 4.69) is 0 Å². The molecule has 2 rings (SSSR count). The lowest BCUT2D eigenvalue weighted by molar-refractivity contribution is -0.134. The molecule has 2 bridgehead atoms. The van der Waals surface area contributed by atoms with Crippen molar-refractivity contribution in [3.05, 3.63) is 12.2 Å². The van der Waals surface area contributed by atoms with E-state index >= 15 is 0 Å². The molecule has 8 heteroatoms. The highest BCUT2D eigenvalue weighted by Crippen LogP contribution is 2.34. The third kappa shape index (κ3) is 4.54. The monoisotopic (exact) mass is 286 g/mol. The van der Waals surface area contributed by atoms with Crippen LogP contribution in [0.2, 0.25) is 0 Å². The van der Waals surface area contributed by atoms with Gasteiger partial charge in [0.25, 0.3) is 0 Å². The minimum atomic E-state index is -1.26. The zero-order valence-corrected chi connectivity index (χ0v) is 10.8. The lowest BCUT2D eigenvalue weighted by Crippen LogP contribution is -2.49. The summed E-state index contributed by atoms with van der Waals surface area (Å²) in [5, 5.41) is 24.5. The first-order chi connectivity index (χ1) is 9.31. The van der Waals surface area contributed by atoms with E-state index in [1.807, 2.05) is 0 Å². The van der Waals surface area contributed by atoms with Crippen molar-refractivity contribution >= 4 is 18.0 Å². The first-order valence-corrected chi connectivity index (χ1v) is 6.22. The minimum Gasteiger partial charge on any atom is -0.478 e. The number of fused-ring (bicyclic) bond motifs is 2. The Balaban J connectivity index is 0.000000221. The van der Waals surface area contributed by atoms with Gasteiger partial charge in [-0.15, -0.1) is 0 Å². The minimum absolute atomic E-state index is 0.205. The zero-order chi connectivity index (χ0) is 15.3. The number of nitrogens with two attached hydrogens (primary N) is 1. The molecule has 3 atom stereocenters. The van der Waals surface area contributed by atoms with Gasteiger partial charge in [-0.3, -0.25) is 0 Å². The molecule has 0 aromatic carbocycles. The number of aliphatic carboxylic acids is 2. The highest BCUT2D eigenvalue weighted by molar-refractivity contribution is 5.89. The molecule has 8 nitrogen and oxygen atoms in total. The molecule has 0 saturated carbocycles. The van der Waals surface area contributed by atoms with Crippen LogP contribution in [0.1, 0.15) is 25.7 Å². The van der Waals surface area contributed by atoms with Crippen molar-refractivity contribution in [3.8, 4) is 0 Å². The topological polar surface area (TPSA) is 141 Å². The number of amides is 1. The normalized spacial score (nSPS) is 27.9. The first-order valence-electron chi connectivity index (χ1n) is 6.22. The predicted octanol–water partition coefficient (Wildman–Crippen LogP) is 0.330. The third-order valence-corrected chi connectivity index (χ3v) is 3.36. The summed E-state index contributed by atoms with van der Waals surface area (Å²) in [4.78, 5) is 31.5. The van der Waals surface area contributed by atoms with Crippen molar-refractivity contribution in [1.82, 2.24) is 4.90 Å². The summed E-state index contributed by atoms with van der Waals surface area (Å²) >= 11 is 0. The van der Waals surface area contributed by atoms with Gasteiger partial charge in [-0.1, -0.05) is 0 Å². The van der Waals surface area contributed by atoms with E-state index in [1.54, 1.807) is 4.90 Å². The predicted molar refractivity (Wildman–Crippen MR) is 68.3 cm³/mol. The largest absolute Gasteiger partial charge is 0.478 e. The van der Waals surface area contributed by atoms with Crippen molar-refractivity contribution in [2.75, 3.05) is 0 Å². The Hall–Kier alpha value is -2.09. The molecule has 2 heterocycles. The summed E-state index contributed by atoms with van der Waals surface area (Å²) in [6, 6.07) is 0.630. The molecule has 2 aliphatic heterocycles. The summed E-state index contributed by atoms with van der Waals surface area (Å²) in [6.07, 6.45) is 4.06. The van der Waals surface area contributed by atoms with Crippen LogP contribution in [0, 0.1) is 0 Å². The quantitative estimate of drug-likeness (QED) is 0.536. The van der Waals surface area contributed by atoms with Gasteiger partial charge in [-0.25, -0.2) is 14.4 Å². The van der Waals surface area contributed by atoms with Gasteiger partial charge in [-0.05, 0) is 25.7 Å². The number of carboxylic acid groups (broad SMARTS) is 3. The molecular weight excluding hydrogens is 268 g/mol. The third-order valence-electron chi connectivity index (χ3n) is 3.36. The van der Waals surface area contributed by atoms with Gasteiger partial charge < -0.3 is 26.0 Å². The van der Waals surface area contributed by atoms with Gasteiger partial charge in [0.2, 0.25) is 0 Å². The summed E-state index contributed by atoms with van der Waals surface area (Å²) in [6.45, 7) is 0. The maximum absolute atomic E-state index is 10.8. The van der Waals surface area contributed by atoms with E-state index in [1.165, 1.54) is 0 Å². The van der Waals surface area contributed by atoms with E-state index in [-0.39, 0.29) is 18.1 Å². The standard InChI is InChI=1S/C8H14N2O2.C4H4O4/c9-5-3-6-1-2-7(4-5)10(6)8(11)12;5-3(6)1-2-4(7)8/h5-7H,1-4,9H2,(H,11,12);1-2H,(H,5,6)(H,7,8)/b;2-1+/t5-,6+,7-;. The van der Waals surface area contributed by atoms with E-state index in [9.17, 15) is 14.4 Å². The van der Waals surface area contributed by atoms with Crippen molar-refractivity contribution in [1.29, 1.82) is 0 Å². The second-order valence-electron chi connectivity index (χ2n) is 4.82. The van der Waals surface area contributed by atoms with Crippen molar-refractivity contribution in [2.45, 2.75) is 43.8 Å². The van der Waals surface area contributed by atoms with Crippen LogP contribution in [0.5, 0.6) is 0 Å². The fourth-order valence-electron chi connectivity index (χ4n) is 2.67. The van der Waals surface area contributed by atoms with Crippen molar-refractivity contribution < 1.29 is 29.7 Å². The fourth-order valence-corrected chi connectivity index (χ4v) is 2.67. The maximum atomic E-state index is 10.8. The fraction of sp³-hybridized carbons (Fsp3) is 0.583. The van der Waals surface area contributed by atoms with Gasteiger partial charge in [0.05, 0.1) is 0 Å². The Morgan fingerprint density at radius 2 is 1.35 bits per heavy atom. The number of hydrogen-bond acceptors (Lipinski definition) is 4. The molecule has 0 aromatic rings. The Kier molecular flexibility index (Phi) is 5.51. The van der Waals surface area contributed by atoms with Crippen LogP contribution >= 0.6 is 0 Å². The molecule has 20 heavy (non-hydrogen) atoms. The summed E-state index contributed by atoms with van der Waals surface area (Å²) in [5.41, 5.74) is 5.80. The van der Waals surface area contributed by atoms with Crippen LogP contribution < -0.4 is 5.73 Å². The molecule has 1 amide bonds. The van der Waals surface area contributed by atoms with Crippen molar-refractivity contribution in [2.24, 2.45) is 5.73 Å². The van der Waals surface area contributed by atoms with Gasteiger partial charge >= 0.3 is 18.0 Å². The van der Waals surface area contributed by atoms with E-state index in [4.69, 9.17) is 21.1 Å². The Morgan fingerprint density at radius 1 is 0.950 bits per heavy atom. The number of carboxylic acids is 2. The molecular formula is C12H18N2O6. The highest BCUT2D eigenvalue weighted by Gasteiger charge is 2.42. The first kappa shape index (κ1) is 16.0. The average molecular weight is 286 g/mol. The smallest absolute Gasteiger partial charge is 0.407 e. The SMILES string of the molecule is N[C@H]1C[C@H]2CC[C@@H](C1)N2C(=O)O.O=C(O)/C=C/C(=O)O. The molecule has 0 spiro atoms. The summed E-state index contributed by atoms with van der Waals surface area (Å²) < 4.78 is 0. The maximum Gasteiger partial charge on any atom is 0.407 e. The van der Waals surface area contributed by atoms with Gasteiger partial charge in [0, 0.05) is 30.3 Å². The molecule has 0 radical (unpaired) electrons. The zero-order valence-electron chi connectivity index (χ0n) is 10.8. The van der Waals surface area contributed by atoms with Crippen LogP contribution in [0.4, 0.5) is 4.79 Å². The van der Waals surface area contributed by atoms with Gasteiger partial charge in [-0.2, -0.15) is 0 Å². The molecule has 0 aromatic heterocycles. The average Bonchev–Trinajstić information content (AvgIpc) is 2.60. The molecule has 2 fully saturated rings. The highest BCUT2D eigenvalue weighted by atomic mass is 16.4. The Morgan fingerprint density at radius 3 is 1.65 bits per heavy atom. The molecule has 5 N–H and O–H groups in total.